The lowest BCUT2D eigenvalue weighted by atomic mass is 10.0. The summed E-state index contributed by atoms with van der Waals surface area (Å²) >= 11 is 6.04. The molecule has 1 aliphatic heterocycles. The van der Waals surface area contributed by atoms with Gasteiger partial charge in [-0.05, 0) is 42.7 Å². The zero-order valence-corrected chi connectivity index (χ0v) is 15.4. The first-order valence-corrected chi connectivity index (χ1v) is 9.09. The number of aryl methyl sites for hydroxylation is 1. The summed E-state index contributed by atoms with van der Waals surface area (Å²) < 4.78 is 32.9. The van der Waals surface area contributed by atoms with Crippen molar-refractivity contribution in [1.82, 2.24) is 4.98 Å². The van der Waals surface area contributed by atoms with E-state index in [4.69, 9.17) is 16.3 Å². The van der Waals surface area contributed by atoms with E-state index in [1.165, 1.54) is 12.3 Å². The minimum absolute atomic E-state index is 0.0767. The van der Waals surface area contributed by atoms with Gasteiger partial charge in [-0.1, -0.05) is 29.8 Å². The van der Waals surface area contributed by atoms with Crippen LogP contribution in [0.1, 0.15) is 22.3 Å². The van der Waals surface area contributed by atoms with Gasteiger partial charge in [0.15, 0.2) is 11.6 Å². The zero-order valence-electron chi connectivity index (χ0n) is 14.7. The van der Waals surface area contributed by atoms with E-state index in [9.17, 15) is 13.6 Å². The van der Waals surface area contributed by atoms with Gasteiger partial charge in [-0.15, -0.1) is 0 Å². The maximum Gasteiger partial charge on any atom is 0.263 e. The number of aromatic nitrogens is 1. The number of carbonyl (C=O) groups is 1. The summed E-state index contributed by atoms with van der Waals surface area (Å²) in [7, 11) is 0. The number of anilines is 1. The topological polar surface area (TPSA) is 42.4 Å². The quantitative estimate of drug-likeness (QED) is 0.591. The van der Waals surface area contributed by atoms with Gasteiger partial charge in [0.05, 0.1) is 5.02 Å². The fourth-order valence-corrected chi connectivity index (χ4v) is 3.37. The highest BCUT2D eigenvalue weighted by atomic mass is 35.5. The number of hydrogen-bond donors (Lipinski definition) is 0. The Morgan fingerprint density at radius 3 is 2.82 bits per heavy atom. The van der Waals surface area contributed by atoms with Gasteiger partial charge >= 0.3 is 0 Å². The maximum absolute atomic E-state index is 14.0. The molecule has 1 amide bonds. The van der Waals surface area contributed by atoms with E-state index < -0.39 is 11.6 Å². The summed E-state index contributed by atoms with van der Waals surface area (Å²) in [6, 6.07) is 11.9. The van der Waals surface area contributed by atoms with Gasteiger partial charge < -0.3 is 9.64 Å². The van der Waals surface area contributed by atoms with Gasteiger partial charge in [-0.3, -0.25) is 4.79 Å². The highest BCUT2D eigenvalue weighted by Crippen LogP contribution is 2.32. The molecule has 1 aliphatic rings. The number of para-hydroxylation sites is 1. The van der Waals surface area contributed by atoms with E-state index in [0.29, 0.717) is 6.54 Å². The van der Waals surface area contributed by atoms with Crippen LogP contribution < -0.4 is 9.64 Å². The third kappa shape index (κ3) is 3.55. The van der Waals surface area contributed by atoms with Crippen LogP contribution >= 0.6 is 11.6 Å². The molecule has 2 heterocycles. The molecule has 1 aromatic heterocycles. The molecule has 4 rings (SSSR count). The summed E-state index contributed by atoms with van der Waals surface area (Å²) in [5.74, 6) is -2.29. The van der Waals surface area contributed by atoms with E-state index in [1.807, 2.05) is 24.3 Å². The van der Waals surface area contributed by atoms with E-state index in [-0.39, 0.29) is 28.1 Å². The minimum Gasteiger partial charge on any atom is -0.435 e. The molecule has 0 saturated carbocycles. The Morgan fingerprint density at radius 1 is 1.14 bits per heavy atom. The molecule has 0 bridgehead atoms. The molecule has 7 heteroatoms. The van der Waals surface area contributed by atoms with Gasteiger partial charge in [0.25, 0.3) is 5.91 Å². The molecule has 0 fully saturated rings. The average Bonchev–Trinajstić information content (AvgIpc) is 2.71. The molecule has 0 atom stereocenters. The molecule has 3 aromatic rings. The lowest BCUT2D eigenvalue weighted by Gasteiger charge is -2.29. The number of hydrogen-bond acceptors (Lipinski definition) is 3. The van der Waals surface area contributed by atoms with Crippen LogP contribution in [0.25, 0.3) is 0 Å². The molecule has 0 radical (unpaired) electrons. The Hall–Kier alpha value is -2.99. The first kappa shape index (κ1) is 18.4. The molecule has 0 N–H and O–H groups in total. The molecule has 0 aliphatic carbocycles. The molecular weight excluding hydrogens is 386 g/mol. The summed E-state index contributed by atoms with van der Waals surface area (Å²) in [5, 5.41) is 0.237. The molecule has 0 unspecified atom stereocenters. The monoisotopic (exact) mass is 400 g/mol. The van der Waals surface area contributed by atoms with Crippen LogP contribution in [0.4, 0.5) is 14.5 Å². The average molecular weight is 401 g/mol. The summed E-state index contributed by atoms with van der Waals surface area (Å²) in [4.78, 5) is 18.9. The number of nitrogens with zero attached hydrogens (tertiary/aromatic N) is 2. The second-order valence-corrected chi connectivity index (χ2v) is 6.81. The zero-order chi connectivity index (χ0) is 19.7. The lowest BCUT2D eigenvalue weighted by Crippen LogP contribution is -2.35. The number of amides is 1. The number of ether oxygens (including phenoxy) is 1. The highest BCUT2D eigenvalue weighted by Gasteiger charge is 2.27. The fourth-order valence-electron chi connectivity index (χ4n) is 3.21. The van der Waals surface area contributed by atoms with E-state index in [0.717, 1.165) is 42.3 Å². The van der Waals surface area contributed by atoms with Crippen LogP contribution in [-0.4, -0.2) is 17.4 Å². The molecule has 0 saturated heterocycles. The number of halogens is 3. The molecule has 2 aromatic carbocycles. The van der Waals surface area contributed by atoms with Gasteiger partial charge in [-0.25, -0.2) is 13.8 Å². The number of benzene rings is 2. The smallest absolute Gasteiger partial charge is 0.263 e. The van der Waals surface area contributed by atoms with E-state index in [1.54, 1.807) is 4.90 Å². The molecule has 4 nitrogen and oxygen atoms in total. The first-order valence-electron chi connectivity index (χ1n) is 8.71. The first-order chi connectivity index (χ1) is 13.5. The third-order valence-electron chi connectivity index (χ3n) is 4.50. The van der Waals surface area contributed by atoms with Crippen LogP contribution in [-0.2, 0) is 6.42 Å². The van der Waals surface area contributed by atoms with Gasteiger partial charge in [-0.2, -0.15) is 0 Å². The van der Waals surface area contributed by atoms with Gasteiger partial charge in [0.1, 0.15) is 11.4 Å². The van der Waals surface area contributed by atoms with E-state index in [2.05, 4.69) is 4.98 Å². The number of pyridine rings is 1. The maximum atomic E-state index is 14.0. The molecule has 28 heavy (non-hydrogen) atoms. The largest absolute Gasteiger partial charge is 0.435 e. The molecular formula is C21H15ClF2N2O2. The van der Waals surface area contributed by atoms with Crippen molar-refractivity contribution in [1.29, 1.82) is 0 Å². The number of rotatable bonds is 3. The van der Waals surface area contributed by atoms with Crippen molar-refractivity contribution in [3.05, 3.63) is 82.5 Å². The van der Waals surface area contributed by atoms with Crippen molar-refractivity contribution >= 4 is 23.2 Å². The van der Waals surface area contributed by atoms with Crippen LogP contribution in [0.2, 0.25) is 5.02 Å². The van der Waals surface area contributed by atoms with Crippen LogP contribution in [0, 0.1) is 11.6 Å². The van der Waals surface area contributed by atoms with E-state index >= 15 is 0 Å². The Bertz CT molecular complexity index is 1060. The van der Waals surface area contributed by atoms with Crippen molar-refractivity contribution in [2.75, 3.05) is 11.4 Å². The third-order valence-corrected chi connectivity index (χ3v) is 4.71. The standard InChI is InChI=1S/C21H15ClF2N2O2/c22-14-10-16(20(25-12-14)28-19-11-15(23)7-8-17(19)24)21(27)26-9-3-5-13-4-1-2-6-18(13)26/h1-2,4,6-8,10-12H,3,5,9H2. The molecule has 142 valence electrons. The lowest BCUT2D eigenvalue weighted by molar-refractivity contribution is 0.0982. The summed E-state index contributed by atoms with van der Waals surface area (Å²) in [6.07, 6.45) is 2.98. The van der Waals surface area contributed by atoms with Crippen molar-refractivity contribution in [3.8, 4) is 11.6 Å². The minimum atomic E-state index is -0.764. The second kappa shape index (κ2) is 7.56. The SMILES string of the molecule is O=C(c1cc(Cl)cnc1Oc1cc(F)ccc1F)N1CCCc2ccccc21. The molecule has 0 spiro atoms. The normalized spacial score (nSPS) is 13.2. The fraction of sp³-hybridized carbons (Fsp3) is 0.143. The van der Waals surface area contributed by atoms with Gasteiger partial charge in [0, 0.05) is 24.5 Å². The van der Waals surface area contributed by atoms with Crippen molar-refractivity contribution in [2.24, 2.45) is 0 Å². The number of carbonyl (C=O) groups excluding carboxylic acids is 1. The van der Waals surface area contributed by atoms with Crippen molar-refractivity contribution in [3.63, 3.8) is 0 Å². The van der Waals surface area contributed by atoms with Crippen LogP contribution in [0.3, 0.4) is 0 Å². The summed E-state index contributed by atoms with van der Waals surface area (Å²) in [5.41, 5.74) is 1.95. The van der Waals surface area contributed by atoms with Gasteiger partial charge in [0.2, 0.25) is 5.88 Å². The summed E-state index contributed by atoms with van der Waals surface area (Å²) in [6.45, 7) is 0.524. The number of fused-ring (bicyclic) bond motifs is 1. The highest BCUT2D eigenvalue weighted by molar-refractivity contribution is 6.31. The predicted molar refractivity (Wildman–Crippen MR) is 102 cm³/mol. The Labute approximate surface area is 165 Å². The van der Waals surface area contributed by atoms with Crippen LogP contribution in [0.15, 0.2) is 54.7 Å². The Morgan fingerprint density at radius 2 is 1.96 bits per heavy atom. The predicted octanol–water partition coefficient (Wildman–Crippen LogP) is 5.40. The Balaban J connectivity index is 1.73. The second-order valence-electron chi connectivity index (χ2n) is 6.37. The van der Waals surface area contributed by atoms with Crippen molar-refractivity contribution in [2.45, 2.75) is 12.8 Å². The van der Waals surface area contributed by atoms with Crippen LogP contribution in [0.5, 0.6) is 11.6 Å². The van der Waals surface area contributed by atoms with Crippen molar-refractivity contribution < 1.29 is 18.3 Å². The Kier molecular flexibility index (Phi) is 4.96.